The lowest BCUT2D eigenvalue weighted by Gasteiger charge is -2.29. The highest BCUT2D eigenvalue weighted by molar-refractivity contribution is 5.95. The van der Waals surface area contributed by atoms with Crippen molar-refractivity contribution >= 4 is 5.91 Å². The van der Waals surface area contributed by atoms with Crippen LogP contribution in [0.15, 0.2) is 36.4 Å². The summed E-state index contributed by atoms with van der Waals surface area (Å²) < 4.78 is 2.24. The average Bonchev–Trinajstić information content (AvgIpc) is 2.89. The van der Waals surface area contributed by atoms with Crippen molar-refractivity contribution in [3.05, 3.63) is 58.9 Å². The van der Waals surface area contributed by atoms with Gasteiger partial charge in [-0.1, -0.05) is 30.3 Å². The molecule has 1 N–H and O–H groups in total. The van der Waals surface area contributed by atoms with Crippen LogP contribution in [-0.4, -0.2) is 39.7 Å². The lowest BCUT2D eigenvalue weighted by Crippen LogP contribution is -2.40. The van der Waals surface area contributed by atoms with E-state index in [1.165, 1.54) is 5.56 Å². The predicted octanol–water partition coefficient (Wildman–Crippen LogP) is 3.31. The highest BCUT2D eigenvalue weighted by Gasteiger charge is 2.26. The van der Waals surface area contributed by atoms with Gasteiger partial charge < -0.3 is 14.6 Å². The number of rotatable bonds is 3. The van der Waals surface area contributed by atoms with Gasteiger partial charge in [-0.15, -0.1) is 0 Å². The van der Waals surface area contributed by atoms with Crippen LogP contribution in [0.25, 0.3) is 0 Å². The summed E-state index contributed by atoms with van der Waals surface area (Å²) in [5.41, 5.74) is 4.13. The number of nitrogens with zero attached hydrogens (tertiary/aromatic N) is 2. The molecule has 2 aromatic rings. The lowest BCUT2D eigenvalue weighted by molar-refractivity contribution is 0.0546. The van der Waals surface area contributed by atoms with Gasteiger partial charge in [0.05, 0.1) is 17.7 Å². The summed E-state index contributed by atoms with van der Waals surface area (Å²) >= 11 is 0. The average molecular weight is 326 g/mol. The number of benzene rings is 1. The molecule has 0 radical (unpaired) electrons. The van der Waals surface area contributed by atoms with Gasteiger partial charge in [-0.2, -0.15) is 0 Å². The Morgan fingerprint density at radius 3 is 2.42 bits per heavy atom. The lowest BCUT2D eigenvalue weighted by atomic mass is 10.1. The standard InChI is InChI=1S/C20H26N2O2/c1-14-13-19(20(24)21-11-9-18(23)10-12-21)16(3)22(14)15(2)17-7-5-4-6-8-17/h4-8,13,15,18,23H,9-12H2,1-3H3. The SMILES string of the molecule is Cc1cc(C(=O)N2CCC(O)CC2)c(C)n1C(C)c1ccccc1. The van der Waals surface area contributed by atoms with Crippen LogP contribution in [0, 0.1) is 13.8 Å². The van der Waals surface area contributed by atoms with E-state index in [9.17, 15) is 9.90 Å². The topological polar surface area (TPSA) is 45.5 Å². The number of carbonyl (C=O) groups excluding carboxylic acids is 1. The van der Waals surface area contributed by atoms with Gasteiger partial charge in [-0.05, 0) is 45.2 Å². The van der Waals surface area contributed by atoms with E-state index in [0.717, 1.165) is 17.0 Å². The van der Waals surface area contributed by atoms with E-state index in [0.29, 0.717) is 25.9 Å². The number of aliphatic hydroxyl groups excluding tert-OH is 1. The minimum absolute atomic E-state index is 0.0847. The van der Waals surface area contributed by atoms with Crippen molar-refractivity contribution in [1.82, 2.24) is 9.47 Å². The smallest absolute Gasteiger partial charge is 0.255 e. The monoisotopic (exact) mass is 326 g/mol. The van der Waals surface area contributed by atoms with Crippen LogP contribution >= 0.6 is 0 Å². The first-order chi connectivity index (χ1) is 11.5. The summed E-state index contributed by atoms with van der Waals surface area (Å²) in [4.78, 5) is 14.7. The molecule has 0 saturated carbocycles. The van der Waals surface area contributed by atoms with Crippen LogP contribution in [-0.2, 0) is 0 Å². The number of likely N-dealkylation sites (tertiary alicyclic amines) is 1. The predicted molar refractivity (Wildman–Crippen MR) is 95.3 cm³/mol. The van der Waals surface area contributed by atoms with Crippen molar-refractivity contribution < 1.29 is 9.90 Å². The van der Waals surface area contributed by atoms with Crippen LogP contribution in [0.4, 0.5) is 0 Å². The third-order valence-corrected chi connectivity index (χ3v) is 5.14. The van der Waals surface area contributed by atoms with E-state index in [2.05, 4.69) is 30.5 Å². The molecule has 1 amide bonds. The van der Waals surface area contributed by atoms with E-state index in [1.807, 2.05) is 36.1 Å². The van der Waals surface area contributed by atoms with Crippen molar-refractivity contribution in [2.45, 2.75) is 45.8 Å². The number of aliphatic hydroxyl groups is 1. The number of piperidine rings is 1. The molecular weight excluding hydrogens is 300 g/mol. The number of hydrogen-bond donors (Lipinski definition) is 1. The van der Waals surface area contributed by atoms with Crippen molar-refractivity contribution in [3.8, 4) is 0 Å². The zero-order valence-electron chi connectivity index (χ0n) is 14.7. The molecule has 0 aliphatic carbocycles. The van der Waals surface area contributed by atoms with E-state index < -0.39 is 0 Å². The normalized spacial score (nSPS) is 17.1. The highest BCUT2D eigenvalue weighted by Crippen LogP contribution is 2.26. The van der Waals surface area contributed by atoms with Crippen LogP contribution < -0.4 is 0 Å². The molecule has 4 heteroatoms. The molecule has 2 heterocycles. The maximum absolute atomic E-state index is 12.9. The van der Waals surface area contributed by atoms with E-state index in [1.54, 1.807) is 0 Å². The van der Waals surface area contributed by atoms with Gasteiger partial charge in [-0.25, -0.2) is 0 Å². The maximum Gasteiger partial charge on any atom is 0.255 e. The molecule has 1 aromatic heterocycles. The summed E-state index contributed by atoms with van der Waals surface area (Å²) in [5.74, 6) is 0.0847. The fourth-order valence-electron chi connectivity index (χ4n) is 3.71. The number of carbonyl (C=O) groups is 1. The molecule has 24 heavy (non-hydrogen) atoms. The summed E-state index contributed by atoms with van der Waals surface area (Å²) in [5, 5.41) is 9.64. The number of amides is 1. The number of aromatic nitrogens is 1. The molecule has 0 spiro atoms. The Bertz CT molecular complexity index is 713. The fourth-order valence-corrected chi connectivity index (χ4v) is 3.71. The van der Waals surface area contributed by atoms with Gasteiger partial charge in [0.25, 0.3) is 5.91 Å². The Labute approximate surface area is 143 Å². The maximum atomic E-state index is 12.9. The van der Waals surface area contributed by atoms with Gasteiger partial charge in [0.2, 0.25) is 0 Å². The Kier molecular flexibility index (Phi) is 4.76. The van der Waals surface area contributed by atoms with E-state index in [4.69, 9.17) is 0 Å². The summed E-state index contributed by atoms with van der Waals surface area (Å²) in [6.07, 6.45) is 1.08. The number of aryl methyl sites for hydroxylation is 1. The van der Waals surface area contributed by atoms with Crippen LogP contribution in [0.3, 0.4) is 0 Å². The van der Waals surface area contributed by atoms with E-state index in [-0.39, 0.29) is 18.1 Å². The van der Waals surface area contributed by atoms with Crippen LogP contribution in [0.5, 0.6) is 0 Å². The van der Waals surface area contributed by atoms with Crippen molar-refractivity contribution in [2.24, 2.45) is 0 Å². The Balaban J connectivity index is 1.88. The molecule has 1 aliphatic heterocycles. The minimum Gasteiger partial charge on any atom is -0.393 e. The van der Waals surface area contributed by atoms with Gasteiger partial charge in [0.15, 0.2) is 0 Å². The molecule has 128 valence electrons. The second kappa shape index (κ2) is 6.81. The van der Waals surface area contributed by atoms with Crippen molar-refractivity contribution in [3.63, 3.8) is 0 Å². The quantitative estimate of drug-likeness (QED) is 0.940. The molecule has 4 nitrogen and oxygen atoms in total. The summed E-state index contributed by atoms with van der Waals surface area (Å²) in [7, 11) is 0. The summed E-state index contributed by atoms with van der Waals surface area (Å²) in [6, 6.07) is 12.5. The van der Waals surface area contributed by atoms with Crippen LogP contribution in [0.1, 0.15) is 53.1 Å². The second-order valence-corrected chi connectivity index (χ2v) is 6.76. The molecule has 1 saturated heterocycles. The van der Waals surface area contributed by atoms with Crippen molar-refractivity contribution in [1.29, 1.82) is 0 Å². The molecule has 1 aliphatic rings. The minimum atomic E-state index is -0.264. The molecule has 3 rings (SSSR count). The molecule has 1 aromatic carbocycles. The van der Waals surface area contributed by atoms with E-state index >= 15 is 0 Å². The first-order valence-corrected chi connectivity index (χ1v) is 8.69. The van der Waals surface area contributed by atoms with Gasteiger partial charge in [0.1, 0.15) is 0 Å². The third kappa shape index (κ3) is 3.11. The molecule has 1 unspecified atom stereocenters. The zero-order chi connectivity index (χ0) is 17.3. The highest BCUT2D eigenvalue weighted by atomic mass is 16.3. The van der Waals surface area contributed by atoms with Gasteiger partial charge >= 0.3 is 0 Å². The van der Waals surface area contributed by atoms with Gasteiger partial charge in [0, 0.05) is 24.5 Å². The first-order valence-electron chi connectivity index (χ1n) is 8.69. The fraction of sp³-hybridized carbons (Fsp3) is 0.450. The van der Waals surface area contributed by atoms with Crippen LogP contribution in [0.2, 0.25) is 0 Å². The zero-order valence-corrected chi connectivity index (χ0v) is 14.7. The van der Waals surface area contributed by atoms with Crippen molar-refractivity contribution in [2.75, 3.05) is 13.1 Å². The molecule has 1 atom stereocenters. The molecular formula is C20H26N2O2. The third-order valence-electron chi connectivity index (χ3n) is 5.14. The largest absolute Gasteiger partial charge is 0.393 e. The Hall–Kier alpha value is -2.07. The van der Waals surface area contributed by atoms with Gasteiger partial charge in [-0.3, -0.25) is 4.79 Å². The second-order valence-electron chi connectivity index (χ2n) is 6.76. The molecule has 1 fully saturated rings. The first kappa shape index (κ1) is 16.8. The Morgan fingerprint density at radius 2 is 1.79 bits per heavy atom. The summed E-state index contributed by atoms with van der Waals surface area (Å²) in [6.45, 7) is 7.53. The molecule has 0 bridgehead atoms. The number of hydrogen-bond acceptors (Lipinski definition) is 2. The Morgan fingerprint density at radius 1 is 1.17 bits per heavy atom.